The summed E-state index contributed by atoms with van der Waals surface area (Å²) in [5, 5.41) is 3.28. The Labute approximate surface area is 208 Å². The van der Waals surface area contributed by atoms with Gasteiger partial charge in [-0.2, -0.15) is 0 Å². The van der Waals surface area contributed by atoms with Gasteiger partial charge in [-0.3, -0.25) is 18.9 Å². The van der Waals surface area contributed by atoms with Gasteiger partial charge >= 0.3 is 0 Å². The number of nitrogens with one attached hydrogen (secondary N) is 1. The number of nitrogens with zero attached hydrogens (tertiary/aromatic N) is 3. The van der Waals surface area contributed by atoms with Gasteiger partial charge in [0.05, 0.1) is 29.2 Å². The van der Waals surface area contributed by atoms with E-state index in [0.717, 1.165) is 24.8 Å². The molecule has 1 N–H and O–H groups in total. The molecule has 182 valence electrons. The Kier molecular flexibility index (Phi) is 8.02. The molecule has 0 aromatic carbocycles. The summed E-state index contributed by atoms with van der Waals surface area (Å²) in [4.78, 5) is 33.3. The van der Waals surface area contributed by atoms with Gasteiger partial charge in [0.15, 0.2) is 0 Å². The molecular formula is C24H30N4O4S2. The lowest BCUT2D eigenvalue weighted by Crippen LogP contribution is -2.35. The summed E-state index contributed by atoms with van der Waals surface area (Å²) in [5.41, 5.74) is 1.57. The number of aryl methyl sites for hydroxylation is 1. The van der Waals surface area contributed by atoms with Gasteiger partial charge in [-0.25, -0.2) is 4.98 Å². The van der Waals surface area contributed by atoms with Crippen LogP contribution in [0.25, 0.3) is 11.7 Å². The zero-order chi connectivity index (χ0) is 24.2. The van der Waals surface area contributed by atoms with Gasteiger partial charge in [0.2, 0.25) is 0 Å². The number of rotatable bonds is 9. The SMILES string of the molecule is Cc1cccn2c(=O)c(C=C3SC(=S)N(CC4CCCO4)C3=O)c(NCCCOC(C)C)nc12. The molecule has 2 saturated heterocycles. The number of carbonyl (C=O) groups excluding carboxylic acids is 1. The summed E-state index contributed by atoms with van der Waals surface area (Å²) in [6.07, 6.45) is 6.15. The van der Waals surface area contributed by atoms with Crippen molar-refractivity contribution >= 4 is 51.7 Å². The highest BCUT2D eigenvalue weighted by Crippen LogP contribution is 2.34. The Balaban J connectivity index is 1.64. The largest absolute Gasteiger partial charge is 0.379 e. The quantitative estimate of drug-likeness (QED) is 0.316. The third kappa shape index (κ3) is 5.51. The first-order chi connectivity index (χ1) is 16.3. The van der Waals surface area contributed by atoms with Gasteiger partial charge < -0.3 is 14.8 Å². The molecule has 2 fully saturated rings. The fourth-order valence-electron chi connectivity index (χ4n) is 3.95. The molecule has 0 saturated carbocycles. The van der Waals surface area contributed by atoms with Crippen molar-refractivity contribution in [3.63, 3.8) is 0 Å². The molecule has 0 bridgehead atoms. The van der Waals surface area contributed by atoms with E-state index < -0.39 is 0 Å². The van der Waals surface area contributed by atoms with Crippen molar-refractivity contribution in [2.75, 3.05) is 31.6 Å². The Hall–Kier alpha value is -2.27. The Morgan fingerprint density at radius 3 is 2.97 bits per heavy atom. The molecule has 1 amide bonds. The Morgan fingerprint density at radius 2 is 2.24 bits per heavy atom. The predicted octanol–water partition coefficient (Wildman–Crippen LogP) is 3.61. The van der Waals surface area contributed by atoms with Gasteiger partial charge in [-0.1, -0.05) is 30.0 Å². The van der Waals surface area contributed by atoms with E-state index in [0.29, 0.717) is 52.6 Å². The molecule has 2 aliphatic heterocycles. The fourth-order valence-corrected chi connectivity index (χ4v) is 5.21. The van der Waals surface area contributed by atoms with Crippen LogP contribution in [0, 0.1) is 6.92 Å². The van der Waals surface area contributed by atoms with Crippen molar-refractivity contribution in [1.82, 2.24) is 14.3 Å². The van der Waals surface area contributed by atoms with E-state index in [2.05, 4.69) is 5.32 Å². The van der Waals surface area contributed by atoms with Crippen molar-refractivity contribution < 1.29 is 14.3 Å². The lowest BCUT2D eigenvalue weighted by molar-refractivity contribution is -0.123. The van der Waals surface area contributed by atoms with E-state index in [1.165, 1.54) is 16.2 Å². The molecule has 2 aliphatic rings. The zero-order valence-electron chi connectivity index (χ0n) is 19.7. The highest BCUT2D eigenvalue weighted by molar-refractivity contribution is 8.26. The third-order valence-corrected chi connectivity index (χ3v) is 7.09. The van der Waals surface area contributed by atoms with Crippen molar-refractivity contribution in [2.45, 2.75) is 52.2 Å². The number of pyridine rings is 1. The molecule has 1 unspecified atom stereocenters. The van der Waals surface area contributed by atoms with Crippen LogP contribution in [0.2, 0.25) is 0 Å². The molecule has 2 aromatic heterocycles. The number of thiocarbonyl (C=S) groups is 1. The molecule has 34 heavy (non-hydrogen) atoms. The molecule has 8 nitrogen and oxygen atoms in total. The number of hydrogen-bond acceptors (Lipinski definition) is 8. The highest BCUT2D eigenvalue weighted by atomic mass is 32.2. The number of anilines is 1. The van der Waals surface area contributed by atoms with Crippen molar-refractivity contribution in [1.29, 1.82) is 0 Å². The summed E-state index contributed by atoms with van der Waals surface area (Å²) < 4.78 is 13.3. The molecule has 2 aromatic rings. The first kappa shape index (κ1) is 24.8. The zero-order valence-corrected chi connectivity index (χ0v) is 21.3. The normalized spacial score (nSPS) is 19.8. The van der Waals surface area contributed by atoms with Crippen LogP contribution in [0.5, 0.6) is 0 Å². The van der Waals surface area contributed by atoms with E-state index >= 15 is 0 Å². The van der Waals surface area contributed by atoms with Gasteiger partial charge in [0.1, 0.15) is 15.8 Å². The van der Waals surface area contributed by atoms with Gasteiger partial charge in [-0.15, -0.1) is 0 Å². The van der Waals surface area contributed by atoms with E-state index in [1.54, 1.807) is 17.2 Å². The standard InChI is InChI=1S/C24H30N4O4S2/c1-15(2)31-12-6-9-25-20-18(22(29)27-10-4-7-16(3)21(27)26-20)13-19-23(30)28(24(33)34-19)14-17-8-5-11-32-17/h4,7,10,13,15,17,25H,5-6,8-9,11-12,14H2,1-3H3. The van der Waals surface area contributed by atoms with Crippen LogP contribution in [-0.2, 0) is 14.3 Å². The number of carbonyl (C=O) groups is 1. The average Bonchev–Trinajstić information content (AvgIpc) is 3.40. The van der Waals surface area contributed by atoms with E-state index in [4.69, 9.17) is 26.7 Å². The second-order valence-corrected chi connectivity index (χ2v) is 10.4. The Morgan fingerprint density at radius 1 is 1.41 bits per heavy atom. The molecule has 4 heterocycles. The molecule has 0 aliphatic carbocycles. The summed E-state index contributed by atoms with van der Waals surface area (Å²) in [6.45, 7) is 8.25. The second-order valence-electron chi connectivity index (χ2n) is 8.69. The van der Waals surface area contributed by atoms with Crippen molar-refractivity contribution in [3.8, 4) is 0 Å². The van der Waals surface area contributed by atoms with E-state index in [1.807, 2.05) is 32.9 Å². The van der Waals surface area contributed by atoms with Crippen molar-refractivity contribution in [3.05, 3.63) is 44.7 Å². The number of fused-ring (bicyclic) bond motifs is 1. The summed E-state index contributed by atoms with van der Waals surface area (Å²) in [7, 11) is 0. The number of thioether (sulfide) groups is 1. The average molecular weight is 503 g/mol. The van der Waals surface area contributed by atoms with Crippen LogP contribution in [0.15, 0.2) is 28.0 Å². The van der Waals surface area contributed by atoms with Gasteiger partial charge in [0.25, 0.3) is 11.5 Å². The fraction of sp³-hybridized carbons (Fsp3) is 0.500. The molecule has 4 rings (SSSR count). The first-order valence-corrected chi connectivity index (χ1v) is 12.8. The summed E-state index contributed by atoms with van der Waals surface area (Å²) in [6, 6.07) is 3.73. The number of aromatic nitrogens is 2. The number of amides is 1. The molecule has 10 heteroatoms. The second kappa shape index (κ2) is 11.0. The minimum Gasteiger partial charge on any atom is -0.379 e. The van der Waals surface area contributed by atoms with E-state index in [9.17, 15) is 9.59 Å². The van der Waals surface area contributed by atoms with Gasteiger partial charge in [0, 0.05) is 26.0 Å². The molecule has 1 atom stereocenters. The predicted molar refractivity (Wildman–Crippen MR) is 139 cm³/mol. The maximum atomic E-state index is 13.4. The third-order valence-electron chi connectivity index (χ3n) is 5.71. The smallest absolute Gasteiger partial charge is 0.267 e. The molecule has 0 spiro atoms. The van der Waals surface area contributed by atoms with Crippen LogP contribution >= 0.6 is 24.0 Å². The topological polar surface area (TPSA) is 85.2 Å². The van der Waals surface area contributed by atoms with Gasteiger partial charge in [-0.05, 0) is 57.7 Å². The van der Waals surface area contributed by atoms with Crippen LogP contribution < -0.4 is 10.9 Å². The molecular weight excluding hydrogens is 472 g/mol. The lowest BCUT2D eigenvalue weighted by atomic mass is 10.2. The van der Waals surface area contributed by atoms with Crippen LogP contribution in [0.1, 0.15) is 44.2 Å². The first-order valence-electron chi connectivity index (χ1n) is 11.6. The van der Waals surface area contributed by atoms with Crippen LogP contribution in [0.4, 0.5) is 5.82 Å². The highest BCUT2D eigenvalue weighted by Gasteiger charge is 2.35. The summed E-state index contributed by atoms with van der Waals surface area (Å²) in [5.74, 6) is 0.253. The summed E-state index contributed by atoms with van der Waals surface area (Å²) >= 11 is 6.68. The van der Waals surface area contributed by atoms with Crippen LogP contribution in [0.3, 0.4) is 0 Å². The number of ether oxygens (including phenoxy) is 2. The van der Waals surface area contributed by atoms with Crippen LogP contribution in [-0.4, -0.2) is 63.0 Å². The maximum absolute atomic E-state index is 13.4. The Bertz CT molecular complexity index is 1170. The van der Waals surface area contributed by atoms with E-state index in [-0.39, 0.29) is 23.7 Å². The lowest BCUT2D eigenvalue weighted by Gasteiger charge is -2.18. The monoisotopic (exact) mass is 502 g/mol. The maximum Gasteiger partial charge on any atom is 0.267 e. The number of hydrogen-bond donors (Lipinski definition) is 1. The minimum absolute atomic E-state index is 0.00284. The van der Waals surface area contributed by atoms with Crippen molar-refractivity contribution in [2.24, 2.45) is 0 Å². The molecule has 0 radical (unpaired) electrons. The minimum atomic E-state index is -0.237.